The number of ketones is 1. The van der Waals surface area contributed by atoms with Gasteiger partial charge in [-0.2, -0.15) is 4.98 Å². The first kappa shape index (κ1) is 35.2. The van der Waals surface area contributed by atoms with E-state index in [0.717, 1.165) is 42.4 Å². The van der Waals surface area contributed by atoms with Gasteiger partial charge >= 0.3 is 0 Å². The molecular weight excluding hydrogens is 669 g/mol. The third-order valence-corrected chi connectivity index (χ3v) is 13.4. The number of ether oxygens (including phenoxy) is 1. The highest BCUT2D eigenvalue weighted by molar-refractivity contribution is 7.91. The first-order valence-corrected chi connectivity index (χ1v) is 19.8. The molecule has 2 aromatic heterocycles. The van der Waals surface area contributed by atoms with Gasteiger partial charge in [0.2, 0.25) is 21.8 Å². The molecule has 2 aliphatic carbocycles. The van der Waals surface area contributed by atoms with E-state index in [4.69, 9.17) is 9.72 Å². The molecule has 0 spiro atoms. The molecule has 2 N–H and O–H groups in total. The quantitative estimate of drug-likeness (QED) is 0.295. The van der Waals surface area contributed by atoms with Crippen molar-refractivity contribution >= 4 is 44.3 Å². The molecule has 2 amide bonds. The maximum absolute atomic E-state index is 14.6. The number of allylic oxidation sites excluding steroid dienone is 2. The fourth-order valence-corrected chi connectivity index (χ4v) is 9.01. The molecule has 272 valence electrons. The fourth-order valence-electron chi connectivity index (χ4n) is 7.67. The number of rotatable bonds is 8. The zero-order chi connectivity index (χ0) is 36.0. The largest absolute Gasteiger partial charge is 0.459 e. The van der Waals surface area contributed by atoms with Crippen molar-refractivity contribution in [2.75, 3.05) is 11.9 Å². The number of imidazole rings is 1. The van der Waals surface area contributed by atoms with Crippen LogP contribution in [0, 0.1) is 11.3 Å². The topological polar surface area (TPSA) is 153 Å². The van der Waals surface area contributed by atoms with Crippen LogP contribution in [0.5, 0.6) is 6.01 Å². The lowest BCUT2D eigenvalue weighted by Crippen LogP contribution is -2.49. The van der Waals surface area contributed by atoms with Crippen molar-refractivity contribution in [3.05, 3.63) is 60.9 Å². The van der Waals surface area contributed by atoms with Crippen LogP contribution < -0.4 is 14.8 Å². The smallest absolute Gasteiger partial charge is 0.297 e. The highest BCUT2D eigenvalue weighted by Gasteiger charge is 2.62. The summed E-state index contributed by atoms with van der Waals surface area (Å²) in [6.45, 7) is 5.86. The average molecular weight is 717 g/mol. The van der Waals surface area contributed by atoms with Crippen LogP contribution in [-0.4, -0.2) is 74.9 Å². The zero-order valence-corrected chi connectivity index (χ0v) is 30.4. The minimum atomic E-state index is -3.90. The Morgan fingerprint density at radius 1 is 1.08 bits per heavy atom. The minimum absolute atomic E-state index is 0.0104. The Morgan fingerprint density at radius 3 is 2.61 bits per heavy atom. The number of benzene rings is 1. The van der Waals surface area contributed by atoms with Gasteiger partial charge in [0.05, 0.1) is 40.0 Å². The van der Waals surface area contributed by atoms with Gasteiger partial charge in [0, 0.05) is 30.8 Å². The lowest BCUT2D eigenvalue weighted by molar-refractivity contribution is -0.139. The standard InChI is InChI=1S/C38H48N6O6S/c1-25(2)44-32-23-39-19-16-29(32)41-36(44)50-28-20-31-33(45)22-38(35(47)42-51(48,49)37(3)17-18-37)21-26(38)12-8-5-4-6-11-15-30(34(46)43(31)24-28)40-27-13-9-7-10-14-27/h7-10,12-14,16,19,23,25-26,28,30-31,40H,4-6,11,15,17-18,20-22,24H2,1-3H3,(H,42,47)/b12-8-/t26-,28-,30+,31+,38-/m1/s1. The number of fused-ring (bicyclic) bond motifs is 3. The minimum Gasteiger partial charge on any atom is -0.459 e. The number of sulfonamides is 1. The van der Waals surface area contributed by atoms with Crippen molar-refractivity contribution in [2.45, 2.75) is 114 Å². The molecule has 0 bridgehead atoms. The Bertz CT molecular complexity index is 1940. The van der Waals surface area contributed by atoms with Gasteiger partial charge < -0.3 is 15.0 Å². The summed E-state index contributed by atoms with van der Waals surface area (Å²) in [5.41, 5.74) is 1.18. The molecule has 51 heavy (non-hydrogen) atoms. The van der Waals surface area contributed by atoms with Gasteiger partial charge in [0.15, 0.2) is 5.78 Å². The molecule has 3 aromatic rings. The molecule has 1 aromatic carbocycles. The monoisotopic (exact) mass is 716 g/mol. The van der Waals surface area contributed by atoms with Gasteiger partial charge in [-0.05, 0) is 83.4 Å². The predicted octanol–water partition coefficient (Wildman–Crippen LogP) is 5.33. The molecule has 0 radical (unpaired) electrons. The van der Waals surface area contributed by atoms with Crippen LogP contribution in [0.1, 0.15) is 91.0 Å². The van der Waals surface area contributed by atoms with Gasteiger partial charge in [-0.15, -0.1) is 0 Å². The molecule has 1 saturated heterocycles. The number of nitrogens with zero attached hydrogens (tertiary/aromatic N) is 4. The molecule has 2 saturated carbocycles. The maximum atomic E-state index is 14.6. The second-order valence-corrected chi connectivity index (χ2v) is 17.5. The summed E-state index contributed by atoms with van der Waals surface area (Å²) < 4.78 is 36.2. The number of Topliss-reactive ketones (excluding diaryl/α,β-unsaturated/α-hetero) is 1. The van der Waals surface area contributed by atoms with Crippen molar-refractivity contribution in [2.24, 2.45) is 11.3 Å². The second-order valence-electron chi connectivity index (χ2n) is 15.3. The number of aromatic nitrogens is 3. The highest BCUT2D eigenvalue weighted by atomic mass is 32.2. The fraction of sp³-hybridized carbons (Fsp3) is 0.553. The molecule has 4 aliphatic rings. The third-order valence-electron chi connectivity index (χ3n) is 11.2. The molecular formula is C38H48N6O6S. The first-order chi connectivity index (χ1) is 24.4. The van der Waals surface area contributed by atoms with Crippen molar-refractivity contribution < 1.29 is 27.5 Å². The number of hydrogen-bond donors (Lipinski definition) is 2. The molecule has 3 fully saturated rings. The van der Waals surface area contributed by atoms with Crippen LogP contribution >= 0.6 is 0 Å². The third kappa shape index (κ3) is 7.01. The summed E-state index contributed by atoms with van der Waals surface area (Å²) in [7, 11) is -3.90. The van der Waals surface area contributed by atoms with Gasteiger partial charge in [0.25, 0.3) is 6.01 Å². The normalized spacial score (nSPS) is 28.7. The number of carbonyl (C=O) groups is 3. The van der Waals surface area contributed by atoms with Crippen molar-refractivity contribution in [1.29, 1.82) is 0 Å². The summed E-state index contributed by atoms with van der Waals surface area (Å²) in [5.74, 6) is -1.37. The summed E-state index contributed by atoms with van der Waals surface area (Å²) in [6, 6.07) is 10.4. The number of amides is 2. The van der Waals surface area contributed by atoms with E-state index in [1.54, 1.807) is 24.2 Å². The molecule has 0 unspecified atom stereocenters. The van der Waals surface area contributed by atoms with Gasteiger partial charge in [-0.3, -0.25) is 28.7 Å². The summed E-state index contributed by atoms with van der Waals surface area (Å²) in [6.07, 6.45) is 12.3. The van der Waals surface area contributed by atoms with Gasteiger partial charge in [-0.25, -0.2) is 8.42 Å². The van der Waals surface area contributed by atoms with E-state index in [1.807, 2.05) is 67.0 Å². The number of pyridine rings is 1. The van der Waals surface area contributed by atoms with Crippen LogP contribution in [0.15, 0.2) is 60.9 Å². The molecule has 12 nitrogen and oxygen atoms in total. The Hall–Kier alpha value is -4.26. The van der Waals surface area contributed by atoms with Crippen LogP contribution in [0.2, 0.25) is 0 Å². The van der Waals surface area contributed by atoms with E-state index in [1.165, 1.54) is 0 Å². The van der Waals surface area contributed by atoms with E-state index >= 15 is 0 Å². The van der Waals surface area contributed by atoms with E-state index in [0.29, 0.717) is 31.7 Å². The Labute approximate surface area is 299 Å². The second kappa shape index (κ2) is 13.7. The Balaban J connectivity index is 1.21. The highest BCUT2D eigenvalue weighted by Crippen LogP contribution is 2.57. The van der Waals surface area contributed by atoms with Gasteiger partial charge in [0.1, 0.15) is 12.1 Å². The van der Waals surface area contributed by atoms with E-state index in [-0.39, 0.29) is 43.0 Å². The molecule has 5 atom stereocenters. The first-order valence-electron chi connectivity index (χ1n) is 18.3. The molecule has 7 rings (SSSR count). The van der Waals surface area contributed by atoms with Crippen LogP contribution in [0.3, 0.4) is 0 Å². The van der Waals surface area contributed by atoms with Crippen molar-refractivity contribution in [1.82, 2.24) is 24.2 Å². The number of para-hydroxylation sites is 1. The summed E-state index contributed by atoms with van der Waals surface area (Å²) in [5, 5.41) is 3.43. The Morgan fingerprint density at radius 2 is 1.86 bits per heavy atom. The van der Waals surface area contributed by atoms with E-state index in [2.05, 4.69) is 15.0 Å². The molecule has 4 heterocycles. The summed E-state index contributed by atoms with van der Waals surface area (Å²) in [4.78, 5) is 53.6. The average Bonchev–Trinajstić information content (AvgIpc) is 3.92. The van der Waals surface area contributed by atoms with Crippen molar-refractivity contribution in [3.8, 4) is 6.01 Å². The number of carbonyl (C=O) groups excluding carboxylic acids is 3. The number of nitrogens with one attached hydrogen (secondary N) is 2. The lowest BCUT2D eigenvalue weighted by atomic mass is 9.91. The van der Waals surface area contributed by atoms with Crippen LogP contribution in [0.4, 0.5) is 5.69 Å². The lowest BCUT2D eigenvalue weighted by Gasteiger charge is -2.30. The van der Waals surface area contributed by atoms with E-state index in [9.17, 15) is 22.8 Å². The number of hydrogen-bond acceptors (Lipinski definition) is 9. The van der Waals surface area contributed by atoms with Crippen LogP contribution in [0.25, 0.3) is 11.0 Å². The van der Waals surface area contributed by atoms with Gasteiger partial charge in [-0.1, -0.05) is 43.2 Å². The predicted molar refractivity (Wildman–Crippen MR) is 193 cm³/mol. The van der Waals surface area contributed by atoms with Crippen LogP contribution in [-0.2, 0) is 24.4 Å². The van der Waals surface area contributed by atoms with E-state index < -0.39 is 44.3 Å². The summed E-state index contributed by atoms with van der Waals surface area (Å²) >= 11 is 0. The zero-order valence-electron chi connectivity index (χ0n) is 29.6. The maximum Gasteiger partial charge on any atom is 0.297 e. The molecule has 2 aliphatic heterocycles. The van der Waals surface area contributed by atoms with Crippen molar-refractivity contribution in [3.63, 3.8) is 0 Å². The Kier molecular flexibility index (Phi) is 9.45. The molecule has 13 heteroatoms. The number of anilines is 1. The SMILES string of the molecule is CC(C)n1c(O[C@@H]2C[C@H]3C(=O)C[C@]4(C(=O)NS(=O)(=O)C5(C)CC5)C[C@H]4/C=C\CCCCC[C@H](Nc4ccccc4)C(=O)N3C2)nc2ccncc21.